The van der Waals surface area contributed by atoms with Crippen LogP contribution in [0.15, 0.2) is 12.6 Å². The molecule has 9 heavy (non-hydrogen) atoms. The first-order chi connectivity index (χ1) is 4.16. The van der Waals surface area contributed by atoms with Crippen LogP contribution in [-0.4, -0.2) is 10.8 Å². The summed E-state index contributed by atoms with van der Waals surface area (Å²) in [5, 5.41) is 0. The van der Waals surface area contributed by atoms with Gasteiger partial charge in [-0.15, -0.1) is 0 Å². The maximum atomic E-state index is 11.6. The molecule has 0 aromatic rings. The first-order valence-corrected chi connectivity index (χ1v) is 3.24. The topological polar surface area (TPSA) is 35.5 Å². The summed E-state index contributed by atoms with van der Waals surface area (Å²) in [4.78, 5) is 0. The summed E-state index contributed by atoms with van der Waals surface area (Å²) >= 11 is -2.02. The van der Waals surface area contributed by atoms with Gasteiger partial charge in [0, 0.05) is 0 Å². The summed E-state index contributed by atoms with van der Waals surface area (Å²) < 4.78 is 30.0. The predicted molar refractivity (Wildman–Crippen MR) is 31.1 cm³/mol. The third-order valence-electron chi connectivity index (χ3n) is 0.373. The molecule has 0 rings (SSSR count). The highest BCUT2D eigenvalue weighted by molar-refractivity contribution is 7.75. The standard InChI is InChI=1S/C4H7FO3S/c1-3-7-9(6)8-4(2)5/h2-3H2,1H3. The van der Waals surface area contributed by atoms with Crippen molar-refractivity contribution in [1.82, 2.24) is 0 Å². The zero-order valence-corrected chi connectivity index (χ0v) is 5.74. The van der Waals surface area contributed by atoms with E-state index in [1.165, 1.54) is 0 Å². The van der Waals surface area contributed by atoms with Gasteiger partial charge in [-0.3, -0.25) is 4.18 Å². The number of halogens is 1. The van der Waals surface area contributed by atoms with Gasteiger partial charge in [-0.25, -0.2) is 0 Å². The molecule has 1 unspecified atom stereocenters. The third-order valence-corrected chi connectivity index (χ3v) is 1.12. The van der Waals surface area contributed by atoms with Crippen LogP contribution in [0.1, 0.15) is 6.92 Å². The molecule has 0 aliphatic carbocycles. The maximum absolute atomic E-state index is 11.6. The van der Waals surface area contributed by atoms with Crippen LogP contribution in [0.2, 0.25) is 0 Å². The van der Waals surface area contributed by atoms with Gasteiger partial charge >= 0.3 is 11.4 Å². The van der Waals surface area contributed by atoms with Crippen LogP contribution >= 0.6 is 0 Å². The minimum absolute atomic E-state index is 0.208. The molecule has 0 radical (unpaired) electrons. The molecule has 0 saturated carbocycles. The molecule has 0 bridgehead atoms. The summed E-state index contributed by atoms with van der Waals surface area (Å²) in [6.07, 6.45) is 0. The van der Waals surface area contributed by atoms with Crippen molar-refractivity contribution >= 4 is 11.4 Å². The number of hydrogen-bond donors (Lipinski definition) is 0. The molecule has 0 heterocycles. The van der Waals surface area contributed by atoms with Crippen LogP contribution < -0.4 is 0 Å². The van der Waals surface area contributed by atoms with E-state index in [9.17, 15) is 8.60 Å². The van der Waals surface area contributed by atoms with E-state index in [2.05, 4.69) is 14.9 Å². The lowest BCUT2D eigenvalue weighted by molar-refractivity contribution is 0.258. The normalized spacial score (nSPS) is 12.7. The van der Waals surface area contributed by atoms with E-state index in [0.717, 1.165) is 0 Å². The molecular formula is C4H7FO3S. The molecule has 0 fully saturated rings. The molecule has 0 amide bonds. The van der Waals surface area contributed by atoms with E-state index >= 15 is 0 Å². The van der Waals surface area contributed by atoms with E-state index in [1.54, 1.807) is 6.92 Å². The van der Waals surface area contributed by atoms with Crippen molar-refractivity contribution in [1.29, 1.82) is 0 Å². The van der Waals surface area contributed by atoms with Crippen LogP contribution in [-0.2, 0) is 19.7 Å². The molecule has 0 aromatic heterocycles. The van der Waals surface area contributed by atoms with Gasteiger partial charge in [-0.2, -0.15) is 8.60 Å². The van der Waals surface area contributed by atoms with Crippen molar-refractivity contribution < 1.29 is 17.0 Å². The van der Waals surface area contributed by atoms with Crippen LogP contribution in [0.4, 0.5) is 4.39 Å². The van der Waals surface area contributed by atoms with Gasteiger partial charge in [-0.05, 0) is 13.5 Å². The lowest BCUT2D eigenvalue weighted by atomic mass is 10.9. The van der Waals surface area contributed by atoms with Gasteiger partial charge in [-0.1, -0.05) is 0 Å². The first-order valence-electron chi connectivity index (χ1n) is 2.24. The Labute approximate surface area is 55.3 Å². The van der Waals surface area contributed by atoms with Gasteiger partial charge in [0.05, 0.1) is 6.61 Å². The summed E-state index contributed by atoms with van der Waals surface area (Å²) in [7, 11) is 0. The fraction of sp³-hybridized carbons (Fsp3) is 0.500. The van der Waals surface area contributed by atoms with Gasteiger partial charge < -0.3 is 4.18 Å². The van der Waals surface area contributed by atoms with E-state index in [4.69, 9.17) is 0 Å². The fourth-order valence-corrected chi connectivity index (χ4v) is 0.582. The molecule has 0 N–H and O–H groups in total. The molecule has 0 aliphatic heterocycles. The summed E-state index contributed by atoms with van der Waals surface area (Å²) in [5.41, 5.74) is 0. The van der Waals surface area contributed by atoms with Crippen LogP contribution in [0.5, 0.6) is 0 Å². The Morgan fingerprint density at radius 3 is 2.78 bits per heavy atom. The summed E-state index contributed by atoms with van der Waals surface area (Å²) in [6, 6.07) is -1.11. The molecule has 5 heteroatoms. The Hall–Kier alpha value is -0.420. The molecule has 54 valence electrons. The SMILES string of the molecule is C=C(F)OS(=O)OCC. The molecule has 0 saturated heterocycles. The summed E-state index contributed by atoms with van der Waals surface area (Å²) in [5.74, 6) is 0. The molecule has 0 aliphatic rings. The highest BCUT2D eigenvalue weighted by Crippen LogP contribution is 1.98. The minimum Gasteiger partial charge on any atom is -0.351 e. The van der Waals surface area contributed by atoms with Crippen molar-refractivity contribution in [2.24, 2.45) is 0 Å². The molecule has 0 spiro atoms. The molecule has 1 atom stereocenters. The van der Waals surface area contributed by atoms with Crippen molar-refractivity contribution in [3.8, 4) is 0 Å². The average molecular weight is 154 g/mol. The van der Waals surface area contributed by atoms with Crippen molar-refractivity contribution in [2.45, 2.75) is 6.92 Å². The third kappa shape index (κ3) is 5.45. The Bertz CT molecular complexity index is 125. The van der Waals surface area contributed by atoms with Crippen LogP contribution in [0.25, 0.3) is 0 Å². The number of hydrogen-bond acceptors (Lipinski definition) is 3. The maximum Gasteiger partial charge on any atom is 0.362 e. The quantitative estimate of drug-likeness (QED) is 0.568. The average Bonchev–Trinajstić information content (AvgIpc) is 1.63. The van der Waals surface area contributed by atoms with Crippen molar-refractivity contribution in [2.75, 3.05) is 6.61 Å². The lowest BCUT2D eigenvalue weighted by Gasteiger charge is -1.96. The Balaban J connectivity index is 3.39. The smallest absolute Gasteiger partial charge is 0.351 e. The second-order valence-corrected chi connectivity index (χ2v) is 1.86. The Morgan fingerprint density at radius 1 is 1.89 bits per heavy atom. The monoisotopic (exact) mass is 154 g/mol. The second kappa shape index (κ2) is 4.46. The Morgan fingerprint density at radius 2 is 2.44 bits per heavy atom. The summed E-state index contributed by atoms with van der Waals surface area (Å²) in [6.45, 7) is 4.54. The van der Waals surface area contributed by atoms with Crippen molar-refractivity contribution in [3.05, 3.63) is 12.6 Å². The zero-order chi connectivity index (χ0) is 7.28. The van der Waals surface area contributed by atoms with Gasteiger partial charge in [0.1, 0.15) is 0 Å². The first kappa shape index (κ1) is 8.58. The van der Waals surface area contributed by atoms with Gasteiger partial charge in [0.15, 0.2) is 0 Å². The van der Waals surface area contributed by atoms with E-state index in [0.29, 0.717) is 0 Å². The lowest BCUT2D eigenvalue weighted by Crippen LogP contribution is -1.98. The molecular weight excluding hydrogens is 147 g/mol. The van der Waals surface area contributed by atoms with Crippen LogP contribution in [0, 0.1) is 0 Å². The Kier molecular flexibility index (Phi) is 4.25. The van der Waals surface area contributed by atoms with Gasteiger partial charge in [0.25, 0.3) is 6.01 Å². The predicted octanol–water partition coefficient (Wildman–Crippen LogP) is 1.06. The minimum atomic E-state index is -2.02. The molecule has 0 aromatic carbocycles. The van der Waals surface area contributed by atoms with E-state index in [-0.39, 0.29) is 6.61 Å². The van der Waals surface area contributed by atoms with E-state index < -0.39 is 17.4 Å². The van der Waals surface area contributed by atoms with E-state index in [1.807, 2.05) is 0 Å². The molecule has 3 nitrogen and oxygen atoms in total. The fourth-order valence-electron chi connectivity index (χ4n) is 0.194. The van der Waals surface area contributed by atoms with Gasteiger partial charge in [0.2, 0.25) is 0 Å². The number of rotatable bonds is 4. The zero-order valence-electron chi connectivity index (χ0n) is 4.93. The van der Waals surface area contributed by atoms with Crippen LogP contribution in [0.3, 0.4) is 0 Å². The second-order valence-electron chi connectivity index (χ2n) is 1.05. The highest BCUT2D eigenvalue weighted by Gasteiger charge is 1.99. The highest BCUT2D eigenvalue weighted by atomic mass is 32.2. The van der Waals surface area contributed by atoms with Crippen molar-refractivity contribution in [3.63, 3.8) is 0 Å². The largest absolute Gasteiger partial charge is 0.362 e.